The van der Waals surface area contributed by atoms with E-state index in [1.54, 1.807) is 12.1 Å². The third kappa shape index (κ3) is 4.12. The largest absolute Gasteiger partial charge is 0.378 e. The molecule has 5 nitrogen and oxygen atoms in total. The van der Waals surface area contributed by atoms with Gasteiger partial charge in [0.05, 0.1) is 25.2 Å². The molecule has 0 spiro atoms. The van der Waals surface area contributed by atoms with Crippen LogP contribution in [0.15, 0.2) is 48.5 Å². The molecule has 2 aliphatic rings. The number of morpholine rings is 1. The number of nitrogens with one attached hydrogen (secondary N) is 1. The molecule has 2 fully saturated rings. The Morgan fingerprint density at radius 1 is 1.00 bits per heavy atom. The number of nitrogens with zero attached hydrogens (tertiary/aromatic N) is 1. The summed E-state index contributed by atoms with van der Waals surface area (Å²) in [6.45, 7) is 3.76. The molecule has 2 aliphatic heterocycles. The molecule has 0 bridgehead atoms. The molecular weight excluding hydrogens is 347 g/mol. The van der Waals surface area contributed by atoms with E-state index >= 15 is 0 Å². The van der Waals surface area contributed by atoms with Gasteiger partial charge in [-0.2, -0.15) is 0 Å². The van der Waals surface area contributed by atoms with Crippen molar-refractivity contribution in [2.24, 2.45) is 5.92 Å². The molecule has 2 heterocycles. The number of hydrogen-bond donors (Lipinski definition) is 1. The first kappa shape index (κ1) is 17.9. The van der Waals surface area contributed by atoms with Crippen molar-refractivity contribution in [3.8, 4) is 0 Å². The van der Waals surface area contributed by atoms with Crippen molar-refractivity contribution in [2.75, 3.05) is 43.1 Å². The van der Waals surface area contributed by atoms with Crippen molar-refractivity contribution < 1.29 is 18.7 Å². The molecule has 2 aromatic rings. The minimum Gasteiger partial charge on any atom is -0.378 e. The maximum Gasteiger partial charge on any atom is 0.230 e. The third-order valence-electron chi connectivity index (χ3n) is 5.14. The summed E-state index contributed by atoms with van der Waals surface area (Å²) in [6, 6.07) is 14.0. The molecule has 2 aromatic carbocycles. The number of rotatable bonds is 4. The van der Waals surface area contributed by atoms with E-state index in [0.29, 0.717) is 13.0 Å². The summed E-state index contributed by atoms with van der Waals surface area (Å²) in [7, 11) is 0. The van der Waals surface area contributed by atoms with Crippen molar-refractivity contribution >= 4 is 17.3 Å². The molecule has 4 rings (SSSR count). The van der Waals surface area contributed by atoms with Gasteiger partial charge in [0, 0.05) is 31.1 Å². The highest BCUT2D eigenvalue weighted by molar-refractivity contribution is 5.93. The van der Waals surface area contributed by atoms with Gasteiger partial charge in [0.15, 0.2) is 0 Å². The SMILES string of the molecule is O=C(Nc1ccc(N2CCOCC2)cc1)[C@@H]1CCO[C@H]1c1ccc(F)cc1. The molecule has 0 aliphatic carbocycles. The van der Waals surface area contributed by atoms with Gasteiger partial charge in [-0.3, -0.25) is 4.79 Å². The van der Waals surface area contributed by atoms with Gasteiger partial charge in [0.25, 0.3) is 0 Å². The fourth-order valence-corrected chi connectivity index (χ4v) is 3.65. The lowest BCUT2D eigenvalue weighted by atomic mass is 9.94. The lowest BCUT2D eigenvalue weighted by molar-refractivity contribution is -0.121. The number of anilines is 2. The van der Waals surface area contributed by atoms with Crippen LogP contribution in [0.1, 0.15) is 18.1 Å². The van der Waals surface area contributed by atoms with Gasteiger partial charge in [0.1, 0.15) is 5.82 Å². The minimum absolute atomic E-state index is 0.0686. The monoisotopic (exact) mass is 370 g/mol. The molecule has 27 heavy (non-hydrogen) atoms. The Hall–Kier alpha value is -2.44. The summed E-state index contributed by atoms with van der Waals surface area (Å²) in [5.74, 6) is -0.645. The third-order valence-corrected chi connectivity index (χ3v) is 5.14. The average Bonchev–Trinajstić information content (AvgIpc) is 3.20. The first-order valence-electron chi connectivity index (χ1n) is 9.31. The Morgan fingerprint density at radius 3 is 2.41 bits per heavy atom. The van der Waals surface area contributed by atoms with Gasteiger partial charge >= 0.3 is 0 Å². The van der Waals surface area contributed by atoms with Gasteiger partial charge in [-0.1, -0.05) is 12.1 Å². The van der Waals surface area contributed by atoms with Crippen LogP contribution in [0.4, 0.5) is 15.8 Å². The number of halogens is 1. The van der Waals surface area contributed by atoms with Gasteiger partial charge in [-0.05, 0) is 48.4 Å². The quantitative estimate of drug-likeness (QED) is 0.897. The first-order valence-corrected chi connectivity index (χ1v) is 9.31. The standard InChI is InChI=1S/C21H23FN2O3/c22-16-3-1-15(2-4-16)20-19(9-12-27-20)21(25)23-17-5-7-18(8-6-17)24-10-13-26-14-11-24/h1-8,19-20H,9-14H2,(H,23,25)/t19-,20+/m1/s1. The Balaban J connectivity index is 1.41. The number of amides is 1. The maximum absolute atomic E-state index is 13.2. The second-order valence-electron chi connectivity index (χ2n) is 6.87. The van der Waals surface area contributed by atoms with Crippen molar-refractivity contribution in [2.45, 2.75) is 12.5 Å². The van der Waals surface area contributed by atoms with Crippen molar-refractivity contribution in [1.29, 1.82) is 0 Å². The normalized spacial score (nSPS) is 22.6. The van der Waals surface area contributed by atoms with E-state index in [2.05, 4.69) is 10.2 Å². The predicted octanol–water partition coefficient (Wildman–Crippen LogP) is 3.38. The molecule has 0 saturated carbocycles. The molecule has 142 valence electrons. The molecular formula is C21H23FN2O3. The first-order chi connectivity index (χ1) is 13.2. The highest BCUT2D eigenvalue weighted by Gasteiger charge is 2.35. The molecule has 0 aromatic heterocycles. The highest BCUT2D eigenvalue weighted by Crippen LogP contribution is 2.35. The van der Waals surface area contributed by atoms with E-state index in [-0.39, 0.29) is 23.7 Å². The van der Waals surface area contributed by atoms with Crippen molar-refractivity contribution in [1.82, 2.24) is 0 Å². The van der Waals surface area contributed by atoms with Crippen LogP contribution in [0.3, 0.4) is 0 Å². The Kier molecular flexibility index (Phi) is 5.36. The zero-order valence-electron chi connectivity index (χ0n) is 15.1. The molecule has 0 unspecified atom stereocenters. The molecule has 1 N–H and O–H groups in total. The zero-order chi connectivity index (χ0) is 18.6. The van der Waals surface area contributed by atoms with Crippen LogP contribution in [0.2, 0.25) is 0 Å². The van der Waals surface area contributed by atoms with Gasteiger partial charge in [0.2, 0.25) is 5.91 Å². The Labute approximate surface area is 158 Å². The van der Waals surface area contributed by atoms with E-state index in [1.165, 1.54) is 12.1 Å². The fraction of sp³-hybridized carbons (Fsp3) is 0.381. The van der Waals surface area contributed by atoms with E-state index < -0.39 is 0 Å². The van der Waals surface area contributed by atoms with Crippen LogP contribution >= 0.6 is 0 Å². The molecule has 0 radical (unpaired) electrons. The number of hydrogen-bond acceptors (Lipinski definition) is 4. The van der Waals surface area contributed by atoms with Crippen LogP contribution < -0.4 is 10.2 Å². The fourth-order valence-electron chi connectivity index (χ4n) is 3.65. The maximum atomic E-state index is 13.2. The summed E-state index contributed by atoms with van der Waals surface area (Å²) < 4.78 is 24.3. The lowest BCUT2D eigenvalue weighted by Gasteiger charge is -2.29. The Morgan fingerprint density at radius 2 is 1.70 bits per heavy atom. The van der Waals surface area contributed by atoms with Gasteiger partial charge in [-0.25, -0.2) is 4.39 Å². The highest BCUT2D eigenvalue weighted by atomic mass is 19.1. The van der Waals surface area contributed by atoms with Crippen LogP contribution in [0.25, 0.3) is 0 Å². The van der Waals surface area contributed by atoms with Crippen LogP contribution in [-0.2, 0) is 14.3 Å². The number of ether oxygens (including phenoxy) is 2. The molecule has 2 saturated heterocycles. The molecule has 6 heteroatoms. The van der Waals surface area contributed by atoms with Gasteiger partial charge < -0.3 is 19.7 Å². The van der Waals surface area contributed by atoms with Gasteiger partial charge in [-0.15, -0.1) is 0 Å². The average molecular weight is 370 g/mol. The minimum atomic E-state index is -0.335. The number of carbonyl (C=O) groups excluding carboxylic acids is 1. The predicted molar refractivity (Wildman–Crippen MR) is 101 cm³/mol. The second-order valence-corrected chi connectivity index (χ2v) is 6.87. The summed E-state index contributed by atoms with van der Waals surface area (Å²) in [5.41, 5.74) is 2.73. The summed E-state index contributed by atoms with van der Waals surface area (Å²) in [4.78, 5) is 15.0. The van der Waals surface area contributed by atoms with Crippen LogP contribution in [-0.4, -0.2) is 38.8 Å². The van der Waals surface area contributed by atoms with E-state index in [4.69, 9.17) is 9.47 Å². The van der Waals surface area contributed by atoms with E-state index in [1.807, 2.05) is 24.3 Å². The molecule has 1 amide bonds. The lowest BCUT2D eigenvalue weighted by Crippen LogP contribution is -2.36. The summed E-state index contributed by atoms with van der Waals surface area (Å²) in [5, 5.41) is 2.99. The Bertz CT molecular complexity index is 773. The summed E-state index contributed by atoms with van der Waals surface area (Å²) in [6.07, 6.45) is 0.318. The van der Waals surface area contributed by atoms with E-state index in [9.17, 15) is 9.18 Å². The smallest absolute Gasteiger partial charge is 0.230 e. The van der Waals surface area contributed by atoms with Crippen LogP contribution in [0, 0.1) is 11.7 Å². The van der Waals surface area contributed by atoms with E-state index in [0.717, 1.165) is 43.2 Å². The molecule has 2 atom stereocenters. The summed E-state index contributed by atoms with van der Waals surface area (Å²) >= 11 is 0. The van der Waals surface area contributed by atoms with Crippen LogP contribution in [0.5, 0.6) is 0 Å². The second kappa shape index (κ2) is 8.06. The zero-order valence-corrected chi connectivity index (χ0v) is 15.1. The number of benzene rings is 2. The topological polar surface area (TPSA) is 50.8 Å². The van der Waals surface area contributed by atoms with Crippen molar-refractivity contribution in [3.05, 3.63) is 59.9 Å². The number of carbonyl (C=O) groups is 1. The van der Waals surface area contributed by atoms with Crippen molar-refractivity contribution in [3.63, 3.8) is 0 Å².